The van der Waals surface area contributed by atoms with Crippen molar-refractivity contribution in [3.05, 3.63) is 46.3 Å². The minimum absolute atomic E-state index is 0.147. The van der Waals surface area contributed by atoms with Crippen LogP contribution in [0.3, 0.4) is 0 Å². The molecule has 0 radical (unpaired) electrons. The van der Waals surface area contributed by atoms with E-state index in [1.54, 1.807) is 28.9 Å². The fourth-order valence-corrected chi connectivity index (χ4v) is 3.75. The predicted molar refractivity (Wildman–Crippen MR) is 102 cm³/mol. The molecule has 148 valence electrons. The minimum Gasteiger partial charge on any atom is -0.492 e. The molecule has 2 aliphatic heterocycles. The number of hydrogen-bond acceptors (Lipinski definition) is 5. The van der Waals surface area contributed by atoms with Crippen LogP contribution in [0.4, 0.5) is 4.79 Å². The lowest BCUT2D eigenvalue weighted by atomic mass is 10.0. The van der Waals surface area contributed by atoms with Gasteiger partial charge in [0, 0.05) is 44.2 Å². The molecule has 1 saturated heterocycles. The molecule has 1 N–H and O–H groups in total. The molecule has 2 aliphatic rings. The lowest BCUT2D eigenvalue weighted by Crippen LogP contribution is -2.53. The number of carbonyl (C=O) groups excluding carboxylic acids is 2. The van der Waals surface area contributed by atoms with E-state index in [1.165, 1.54) is 0 Å². The number of piperazine rings is 1. The maximum atomic E-state index is 12.7. The van der Waals surface area contributed by atoms with Crippen molar-refractivity contribution < 1.29 is 18.8 Å². The first kappa shape index (κ1) is 18.6. The number of hydrogen-bond donors (Lipinski definition) is 1. The van der Waals surface area contributed by atoms with E-state index in [1.807, 2.05) is 12.1 Å². The van der Waals surface area contributed by atoms with E-state index < -0.39 is 0 Å². The highest BCUT2D eigenvalue weighted by Gasteiger charge is 2.30. The van der Waals surface area contributed by atoms with Crippen molar-refractivity contribution in [2.45, 2.75) is 19.4 Å². The van der Waals surface area contributed by atoms with Gasteiger partial charge in [0.2, 0.25) is 5.76 Å². The van der Waals surface area contributed by atoms with Crippen molar-refractivity contribution in [3.63, 3.8) is 0 Å². The molecule has 0 aliphatic carbocycles. The van der Waals surface area contributed by atoms with Crippen LogP contribution in [0.25, 0.3) is 0 Å². The van der Waals surface area contributed by atoms with Gasteiger partial charge in [0.25, 0.3) is 5.91 Å². The fourth-order valence-electron chi connectivity index (χ4n) is 3.51. The van der Waals surface area contributed by atoms with Crippen LogP contribution in [0.1, 0.15) is 34.3 Å². The number of nitrogens with zero attached hydrogens (tertiary/aromatic N) is 3. The van der Waals surface area contributed by atoms with E-state index in [2.05, 4.69) is 10.5 Å². The Labute approximate surface area is 167 Å². The Morgan fingerprint density at radius 3 is 2.68 bits per heavy atom. The third-order valence-electron chi connectivity index (χ3n) is 5.02. The fraction of sp³-hybridized carbons (Fsp3) is 0.421. The second-order valence-corrected chi connectivity index (χ2v) is 7.32. The highest BCUT2D eigenvalue weighted by atomic mass is 35.5. The maximum Gasteiger partial charge on any atom is 0.318 e. The second-order valence-electron chi connectivity index (χ2n) is 6.91. The van der Waals surface area contributed by atoms with Crippen LogP contribution >= 0.6 is 11.6 Å². The molecule has 0 spiro atoms. The van der Waals surface area contributed by atoms with Gasteiger partial charge in [-0.2, -0.15) is 0 Å². The van der Waals surface area contributed by atoms with Crippen molar-refractivity contribution in [2.24, 2.45) is 0 Å². The summed E-state index contributed by atoms with van der Waals surface area (Å²) in [6.07, 6.45) is 0.683. The Bertz CT molecular complexity index is 892. The summed E-state index contributed by atoms with van der Waals surface area (Å²) in [7, 11) is 0. The zero-order valence-electron chi connectivity index (χ0n) is 15.5. The molecule has 28 heavy (non-hydrogen) atoms. The van der Waals surface area contributed by atoms with E-state index in [9.17, 15) is 9.59 Å². The van der Waals surface area contributed by atoms with Gasteiger partial charge in [-0.25, -0.2) is 4.79 Å². The van der Waals surface area contributed by atoms with Crippen molar-refractivity contribution in [1.29, 1.82) is 0 Å². The van der Waals surface area contributed by atoms with Crippen LogP contribution < -0.4 is 10.1 Å². The largest absolute Gasteiger partial charge is 0.492 e. The van der Waals surface area contributed by atoms with E-state index in [0.717, 1.165) is 5.56 Å². The third-order valence-corrected chi connectivity index (χ3v) is 5.31. The molecule has 3 amide bonds. The molecule has 1 aromatic heterocycles. The molecule has 3 heterocycles. The quantitative estimate of drug-likeness (QED) is 0.831. The number of aromatic nitrogens is 1. The summed E-state index contributed by atoms with van der Waals surface area (Å²) in [5, 5.41) is 7.36. The lowest BCUT2D eigenvalue weighted by molar-refractivity contribution is 0.0622. The maximum absolute atomic E-state index is 12.7. The number of amides is 3. The average molecular weight is 405 g/mol. The van der Waals surface area contributed by atoms with Crippen molar-refractivity contribution >= 4 is 23.5 Å². The van der Waals surface area contributed by atoms with Gasteiger partial charge in [0.15, 0.2) is 0 Å². The van der Waals surface area contributed by atoms with Crippen LogP contribution in [0.15, 0.2) is 28.8 Å². The van der Waals surface area contributed by atoms with Gasteiger partial charge in [-0.15, -0.1) is 0 Å². The molecule has 1 aromatic carbocycles. The Morgan fingerprint density at radius 2 is 1.96 bits per heavy atom. The number of para-hydroxylation sites is 1. The predicted octanol–water partition coefficient (Wildman–Crippen LogP) is 2.63. The summed E-state index contributed by atoms with van der Waals surface area (Å²) in [4.78, 5) is 28.5. The van der Waals surface area contributed by atoms with Crippen LogP contribution in [0.5, 0.6) is 5.75 Å². The molecule has 2 aromatic rings. The molecule has 4 rings (SSSR count). The van der Waals surface area contributed by atoms with E-state index in [4.69, 9.17) is 20.9 Å². The van der Waals surface area contributed by atoms with Crippen LogP contribution in [0.2, 0.25) is 5.02 Å². The Balaban J connectivity index is 1.35. The minimum atomic E-state index is -0.200. The Hall–Kier alpha value is -2.74. The second kappa shape index (κ2) is 7.71. The monoisotopic (exact) mass is 404 g/mol. The first-order valence-corrected chi connectivity index (χ1v) is 9.60. The zero-order valence-corrected chi connectivity index (χ0v) is 16.2. The Morgan fingerprint density at radius 1 is 1.21 bits per heavy atom. The number of benzene rings is 1. The van der Waals surface area contributed by atoms with Gasteiger partial charge >= 0.3 is 6.03 Å². The number of fused-ring (bicyclic) bond motifs is 1. The number of rotatable bonds is 2. The summed E-state index contributed by atoms with van der Waals surface area (Å²) in [5.74, 6) is 0.665. The summed E-state index contributed by atoms with van der Waals surface area (Å²) in [5.41, 5.74) is 1.56. The van der Waals surface area contributed by atoms with Crippen molar-refractivity contribution in [1.82, 2.24) is 20.3 Å². The van der Waals surface area contributed by atoms with Gasteiger partial charge < -0.3 is 24.4 Å². The molecular formula is C19H21ClN4O4. The molecule has 0 bridgehead atoms. The smallest absolute Gasteiger partial charge is 0.318 e. The summed E-state index contributed by atoms with van der Waals surface area (Å²) in [6.45, 7) is 4.07. The number of ether oxygens (including phenoxy) is 1. The molecule has 1 unspecified atom stereocenters. The van der Waals surface area contributed by atoms with Crippen molar-refractivity contribution in [3.8, 4) is 5.75 Å². The summed E-state index contributed by atoms with van der Waals surface area (Å²) in [6, 6.07) is 6.87. The van der Waals surface area contributed by atoms with E-state index >= 15 is 0 Å². The van der Waals surface area contributed by atoms with Crippen LogP contribution in [-0.4, -0.2) is 59.7 Å². The first-order chi connectivity index (χ1) is 13.5. The SMILES string of the molecule is Cc1cc(C(=O)N2CCN(C(=O)NC3CCOc4c(Cl)cccc43)CC2)on1. The number of nitrogens with one attached hydrogen (secondary N) is 1. The Kier molecular flexibility index (Phi) is 5.13. The van der Waals surface area contributed by atoms with Crippen molar-refractivity contribution in [2.75, 3.05) is 32.8 Å². The first-order valence-electron chi connectivity index (χ1n) is 9.22. The van der Waals surface area contributed by atoms with Crippen LogP contribution in [0, 0.1) is 6.92 Å². The molecule has 1 fully saturated rings. The standard InChI is InChI=1S/C19H21ClN4O4/c1-12-11-16(28-22-12)18(25)23-6-8-24(9-7-23)19(26)21-15-5-10-27-17-13(15)3-2-4-14(17)20/h2-4,11,15H,5-10H2,1H3,(H,21,26). The number of halogens is 1. The summed E-state index contributed by atoms with van der Waals surface area (Å²) >= 11 is 6.19. The number of aryl methyl sites for hydroxylation is 1. The van der Waals surface area contributed by atoms with Gasteiger partial charge in [0.1, 0.15) is 5.75 Å². The molecule has 9 heteroatoms. The topological polar surface area (TPSA) is 87.9 Å². The highest BCUT2D eigenvalue weighted by Crippen LogP contribution is 2.37. The van der Waals surface area contributed by atoms with Gasteiger partial charge in [-0.3, -0.25) is 4.79 Å². The average Bonchev–Trinajstić information content (AvgIpc) is 3.15. The summed E-state index contributed by atoms with van der Waals surface area (Å²) < 4.78 is 10.7. The van der Waals surface area contributed by atoms with E-state index in [0.29, 0.717) is 55.7 Å². The number of urea groups is 1. The normalized spacial score (nSPS) is 19.0. The lowest BCUT2D eigenvalue weighted by Gasteiger charge is -2.36. The molecule has 1 atom stereocenters. The van der Waals surface area contributed by atoms with Gasteiger partial charge in [-0.1, -0.05) is 28.9 Å². The molecule has 8 nitrogen and oxygen atoms in total. The van der Waals surface area contributed by atoms with E-state index in [-0.39, 0.29) is 23.7 Å². The molecule has 0 saturated carbocycles. The highest BCUT2D eigenvalue weighted by molar-refractivity contribution is 6.32. The van der Waals surface area contributed by atoms with Crippen LogP contribution in [-0.2, 0) is 0 Å². The van der Waals surface area contributed by atoms with Gasteiger partial charge in [-0.05, 0) is 13.0 Å². The zero-order chi connectivity index (χ0) is 19.7. The third kappa shape index (κ3) is 3.64. The number of carbonyl (C=O) groups is 2. The van der Waals surface area contributed by atoms with Gasteiger partial charge in [0.05, 0.1) is 23.4 Å². The molecular weight excluding hydrogens is 384 g/mol.